The molecule has 0 spiro atoms. The first-order valence-corrected chi connectivity index (χ1v) is 7.39. The van der Waals surface area contributed by atoms with E-state index in [1.807, 2.05) is 0 Å². The van der Waals surface area contributed by atoms with E-state index in [9.17, 15) is 19.5 Å². The maximum absolute atomic E-state index is 12.5. The highest BCUT2D eigenvalue weighted by Gasteiger charge is 2.40. The highest BCUT2D eigenvalue weighted by molar-refractivity contribution is 5.85. The molecule has 1 saturated heterocycles. The Kier molecular flexibility index (Phi) is 4.69. The molecule has 1 N–H and O–H groups in total. The van der Waals surface area contributed by atoms with Gasteiger partial charge in [0.25, 0.3) is 0 Å². The maximum Gasteiger partial charge on any atom is 0.319 e. The van der Waals surface area contributed by atoms with Crippen molar-refractivity contribution in [2.45, 2.75) is 19.3 Å². The van der Waals surface area contributed by atoms with E-state index in [2.05, 4.69) is 0 Å². The Bertz CT molecular complexity index is 430. The average Bonchev–Trinajstić information content (AvgIpc) is 2.95. The molecule has 0 bridgehead atoms. The molecule has 1 aliphatic heterocycles. The van der Waals surface area contributed by atoms with Gasteiger partial charge in [-0.15, -0.1) is 0 Å². The van der Waals surface area contributed by atoms with Crippen LogP contribution in [-0.4, -0.2) is 78.0 Å². The predicted octanol–water partition coefficient (Wildman–Crippen LogP) is 0.313. The van der Waals surface area contributed by atoms with Gasteiger partial charge in [-0.2, -0.15) is 0 Å². The first-order valence-electron chi connectivity index (χ1n) is 7.39. The molecule has 2 fully saturated rings. The Morgan fingerprint density at radius 2 is 1.48 bits per heavy atom. The van der Waals surface area contributed by atoms with Crippen LogP contribution >= 0.6 is 0 Å². The minimum Gasteiger partial charge on any atom is -0.481 e. The van der Waals surface area contributed by atoms with E-state index < -0.39 is 17.8 Å². The molecule has 7 heteroatoms. The van der Waals surface area contributed by atoms with Gasteiger partial charge in [0.1, 0.15) is 0 Å². The molecule has 0 aromatic carbocycles. The summed E-state index contributed by atoms with van der Waals surface area (Å²) in [6, 6.07) is -0.0497. The SMILES string of the molecule is CN(C)C(=O)N1CCN(C(=O)[C@@H]2CCC[C@@H]2C(=O)O)CC1. The van der Waals surface area contributed by atoms with E-state index in [-0.39, 0.29) is 11.9 Å². The molecular formula is C14H23N3O4. The second kappa shape index (κ2) is 6.32. The smallest absolute Gasteiger partial charge is 0.319 e. The number of carboxylic acid groups (broad SMARTS) is 1. The number of piperazine rings is 1. The summed E-state index contributed by atoms with van der Waals surface area (Å²) in [4.78, 5) is 40.5. The van der Waals surface area contributed by atoms with Crippen LogP contribution in [0.2, 0.25) is 0 Å². The van der Waals surface area contributed by atoms with Crippen molar-refractivity contribution in [1.82, 2.24) is 14.7 Å². The molecule has 0 unspecified atom stereocenters. The van der Waals surface area contributed by atoms with Gasteiger partial charge in [-0.05, 0) is 12.8 Å². The molecule has 1 aliphatic carbocycles. The number of carbonyl (C=O) groups is 3. The van der Waals surface area contributed by atoms with Crippen molar-refractivity contribution in [3.05, 3.63) is 0 Å². The number of carboxylic acids is 1. The molecular weight excluding hydrogens is 274 g/mol. The molecule has 0 aromatic heterocycles. The number of carbonyl (C=O) groups excluding carboxylic acids is 2. The lowest BCUT2D eigenvalue weighted by atomic mass is 9.94. The summed E-state index contributed by atoms with van der Waals surface area (Å²) in [5, 5.41) is 9.18. The molecule has 1 heterocycles. The third-order valence-electron chi connectivity index (χ3n) is 4.39. The number of aliphatic carboxylic acids is 1. The van der Waals surface area contributed by atoms with Gasteiger partial charge in [0.15, 0.2) is 0 Å². The minimum absolute atomic E-state index is 0.0497. The van der Waals surface area contributed by atoms with Crippen molar-refractivity contribution in [3.63, 3.8) is 0 Å². The van der Waals surface area contributed by atoms with E-state index in [1.54, 1.807) is 23.9 Å². The van der Waals surface area contributed by atoms with Crippen molar-refractivity contribution in [1.29, 1.82) is 0 Å². The summed E-state index contributed by atoms with van der Waals surface area (Å²) < 4.78 is 0. The van der Waals surface area contributed by atoms with Crippen molar-refractivity contribution >= 4 is 17.9 Å². The van der Waals surface area contributed by atoms with Crippen LogP contribution in [0.3, 0.4) is 0 Å². The summed E-state index contributed by atoms with van der Waals surface area (Å²) in [7, 11) is 3.41. The van der Waals surface area contributed by atoms with Crippen LogP contribution in [0.1, 0.15) is 19.3 Å². The molecule has 0 radical (unpaired) electrons. The van der Waals surface area contributed by atoms with Crippen LogP contribution in [0.25, 0.3) is 0 Å². The highest BCUT2D eigenvalue weighted by atomic mass is 16.4. The van der Waals surface area contributed by atoms with Crippen molar-refractivity contribution in [2.75, 3.05) is 40.3 Å². The van der Waals surface area contributed by atoms with Crippen molar-refractivity contribution < 1.29 is 19.5 Å². The van der Waals surface area contributed by atoms with Crippen LogP contribution in [0, 0.1) is 11.8 Å². The third-order valence-corrected chi connectivity index (χ3v) is 4.39. The lowest BCUT2D eigenvalue weighted by Crippen LogP contribution is -2.54. The predicted molar refractivity (Wildman–Crippen MR) is 75.7 cm³/mol. The van der Waals surface area contributed by atoms with Gasteiger partial charge < -0.3 is 19.8 Å². The van der Waals surface area contributed by atoms with Crippen molar-refractivity contribution in [2.24, 2.45) is 11.8 Å². The summed E-state index contributed by atoms with van der Waals surface area (Å²) in [5.41, 5.74) is 0. The zero-order chi connectivity index (χ0) is 15.6. The monoisotopic (exact) mass is 297 g/mol. The fourth-order valence-corrected chi connectivity index (χ4v) is 3.19. The van der Waals surface area contributed by atoms with E-state index in [0.717, 1.165) is 6.42 Å². The van der Waals surface area contributed by atoms with Gasteiger partial charge in [-0.3, -0.25) is 9.59 Å². The van der Waals surface area contributed by atoms with Crippen LogP contribution in [0.5, 0.6) is 0 Å². The molecule has 2 atom stereocenters. The number of hydrogen-bond donors (Lipinski definition) is 1. The Morgan fingerprint density at radius 3 is 2.00 bits per heavy atom. The van der Waals surface area contributed by atoms with Gasteiger partial charge in [-0.1, -0.05) is 6.42 Å². The minimum atomic E-state index is -0.868. The van der Waals surface area contributed by atoms with E-state index in [1.165, 1.54) is 4.90 Å². The lowest BCUT2D eigenvalue weighted by molar-refractivity contribution is -0.149. The van der Waals surface area contributed by atoms with Gasteiger partial charge in [0.05, 0.1) is 11.8 Å². The zero-order valence-electron chi connectivity index (χ0n) is 12.6. The number of amides is 3. The number of nitrogens with zero attached hydrogens (tertiary/aromatic N) is 3. The molecule has 118 valence electrons. The summed E-state index contributed by atoms with van der Waals surface area (Å²) >= 11 is 0. The Hall–Kier alpha value is -1.79. The molecule has 0 aromatic rings. The van der Waals surface area contributed by atoms with Crippen molar-refractivity contribution in [3.8, 4) is 0 Å². The van der Waals surface area contributed by atoms with Gasteiger partial charge in [-0.25, -0.2) is 4.79 Å². The molecule has 21 heavy (non-hydrogen) atoms. The molecule has 7 nitrogen and oxygen atoms in total. The second-order valence-electron chi connectivity index (χ2n) is 5.97. The fraction of sp³-hybridized carbons (Fsp3) is 0.786. The quantitative estimate of drug-likeness (QED) is 0.795. The second-order valence-corrected chi connectivity index (χ2v) is 5.97. The lowest BCUT2D eigenvalue weighted by Gasteiger charge is -2.37. The number of rotatable bonds is 2. The first-order chi connectivity index (χ1) is 9.91. The third kappa shape index (κ3) is 3.28. The molecule has 2 rings (SSSR count). The number of urea groups is 1. The fourth-order valence-electron chi connectivity index (χ4n) is 3.19. The van der Waals surface area contributed by atoms with Gasteiger partial charge >= 0.3 is 12.0 Å². The normalized spacial score (nSPS) is 25.8. The van der Waals surface area contributed by atoms with Crippen LogP contribution < -0.4 is 0 Å². The summed E-state index contributed by atoms with van der Waals surface area (Å²) in [6.07, 6.45) is 2.05. The maximum atomic E-state index is 12.5. The van der Waals surface area contributed by atoms with Crippen LogP contribution in [-0.2, 0) is 9.59 Å². The van der Waals surface area contributed by atoms with E-state index >= 15 is 0 Å². The average molecular weight is 297 g/mol. The van der Waals surface area contributed by atoms with Crippen LogP contribution in [0.4, 0.5) is 4.79 Å². The Morgan fingerprint density at radius 1 is 0.952 bits per heavy atom. The highest BCUT2D eigenvalue weighted by Crippen LogP contribution is 2.33. The Labute approximate surface area is 124 Å². The van der Waals surface area contributed by atoms with Gasteiger partial charge in [0.2, 0.25) is 5.91 Å². The van der Waals surface area contributed by atoms with E-state index in [0.29, 0.717) is 39.0 Å². The van der Waals surface area contributed by atoms with Gasteiger partial charge in [0, 0.05) is 40.3 Å². The Balaban J connectivity index is 1.91. The number of hydrogen-bond acceptors (Lipinski definition) is 3. The largest absolute Gasteiger partial charge is 0.481 e. The first kappa shape index (κ1) is 15.6. The van der Waals surface area contributed by atoms with E-state index in [4.69, 9.17) is 0 Å². The zero-order valence-corrected chi connectivity index (χ0v) is 12.6. The molecule has 3 amide bonds. The standard InChI is InChI=1S/C14H23N3O4/c1-15(2)14(21)17-8-6-16(7-9-17)12(18)10-4-3-5-11(10)13(19)20/h10-11H,3-9H2,1-2H3,(H,19,20)/t10-,11+/m1/s1. The van der Waals surface area contributed by atoms with Crippen LogP contribution in [0.15, 0.2) is 0 Å². The molecule has 2 aliphatic rings. The topological polar surface area (TPSA) is 81.2 Å². The summed E-state index contributed by atoms with van der Waals surface area (Å²) in [5.74, 6) is -1.86. The molecule has 1 saturated carbocycles. The summed E-state index contributed by atoms with van der Waals surface area (Å²) in [6.45, 7) is 1.99.